The largest absolute Gasteiger partial charge is 0.504 e. The molecule has 246 valence electrons. The van der Waals surface area contributed by atoms with E-state index in [0.29, 0.717) is 11.1 Å². The van der Waals surface area contributed by atoms with E-state index in [2.05, 4.69) is 50.2 Å². The number of fused-ring (bicyclic) bond motifs is 9. The van der Waals surface area contributed by atoms with Gasteiger partial charge in [-0.2, -0.15) is 0 Å². The minimum absolute atomic E-state index is 0.250. The van der Waals surface area contributed by atoms with Crippen molar-refractivity contribution in [1.82, 2.24) is 0 Å². The monoisotopic (exact) mass is 664 g/mol. The Kier molecular flexibility index (Phi) is 6.67. The molecule has 51 heavy (non-hydrogen) atoms. The summed E-state index contributed by atoms with van der Waals surface area (Å²) in [5, 5.41) is 51.4. The van der Waals surface area contributed by atoms with E-state index >= 15 is 0 Å². The topological polar surface area (TPSA) is 106 Å². The van der Waals surface area contributed by atoms with Crippen LogP contribution in [0.4, 0.5) is 0 Å². The van der Waals surface area contributed by atoms with E-state index in [1.807, 2.05) is 72.8 Å². The Hall–Kier alpha value is -6.66. The number of aromatic hydroxyl groups is 4. The lowest BCUT2D eigenvalue weighted by Crippen LogP contribution is -2.23. The summed E-state index contributed by atoms with van der Waals surface area (Å²) in [5.74, 6) is -1.06. The molecule has 0 amide bonds. The number of nitrogens with zero attached hydrogens (tertiary/aromatic N) is 2. The molecule has 0 radical (unpaired) electrons. The van der Waals surface area contributed by atoms with Gasteiger partial charge in [0.15, 0.2) is 23.0 Å². The van der Waals surface area contributed by atoms with Gasteiger partial charge in [0.25, 0.3) is 0 Å². The number of hydrogen-bond acceptors (Lipinski definition) is 6. The first-order chi connectivity index (χ1) is 24.8. The molecule has 4 N–H and O–H groups in total. The van der Waals surface area contributed by atoms with Crippen LogP contribution < -0.4 is 0 Å². The highest BCUT2D eigenvalue weighted by Crippen LogP contribution is 2.58. The van der Waals surface area contributed by atoms with Crippen LogP contribution in [0.5, 0.6) is 23.0 Å². The van der Waals surface area contributed by atoms with Gasteiger partial charge >= 0.3 is 0 Å². The molecule has 0 spiro atoms. The van der Waals surface area contributed by atoms with Crippen molar-refractivity contribution in [3.05, 3.63) is 155 Å². The highest BCUT2D eigenvalue weighted by Gasteiger charge is 2.47. The van der Waals surface area contributed by atoms with Crippen LogP contribution in [0, 0.1) is 13.8 Å². The Balaban J connectivity index is 1.45. The number of aryl methyl sites for hydroxylation is 2. The molecule has 0 heterocycles. The summed E-state index contributed by atoms with van der Waals surface area (Å²) in [7, 11) is 0. The summed E-state index contributed by atoms with van der Waals surface area (Å²) in [5.41, 5.74) is 5.02. The maximum Gasteiger partial charge on any atom is 0.202 e. The molecule has 8 aromatic rings. The molecular formula is C45H32N2O4. The fourth-order valence-electron chi connectivity index (χ4n) is 8.09. The molecule has 8 aromatic carbocycles. The van der Waals surface area contributed by atoms with E-state index in [0.717, 1.165) is 76.5 Å². The van der Waals surface area contributed by atoms with Crippen LogP contribution in [-0.2, 0) is 5.66 Å². The highest BCUT2D eigenvalue weighted by molar-refractivity contribution is 6.13. The predicted molar refractivity (Wildman–Crippen MR) is 207 cm³/mol. The van der Waals surface area contributed by atoms with E-state index in [4.69, 9.17) is 9.98 Å². The molecule has 0 saturated carbocycles. The van der Waals surface area contributed by atoms with Gasteiger partial charge in [0.2, 0.25) is 5.66 Å². The zero-order valence-electron chi connectivity index (χ0n) is 27.9. The van der Waals surface area contributed by atoms with Crippen molar-refractivity contribution in [3.8, 4) is 34.1 Å². The average molecular weight is 665 g/mol. The summed E-state index contributed by atoms with van der Waals surface area (Å²) >= 11 is 0. The van der Waals surface area contributed by atoms with Crippen LogP contribution in [0.1, 0.15) is 33.4 Å². The lowest BCUT2D eigenvalue weighted by Gasteiger charge is -2.27. The minimum Gasteiger partial charge on any atom is -0.504 e. The normalized spacial score (nSPS) is 13.6. The van der Waals surface area contributed by atoms with E-state index in [9.17, 15) is 20.4 Å². The Morgan fingerprint density at radius 3 is 1.18 bits per heavy atom. The van der Waals surface area contributed by atoms with Crippen molar-refractivity contribution in [1.29, 1.82) is 0 Å². The number of phenolic OH excluding ortho intramolecular Hbond substituents is 4. The predicted octanol–water partition coefficient (Wildman–Crippen LogP) is 10.2. The third kappa shape index (κ3) is 4.43. The molecule has 0 saturated heterocycles. The molecule has 0 aromatic heterocycles. The molecule has 6 nitrogen and oxygen atoms in total. The number of aliphatic imine (C=N–C) groups is 2. The van der Waals surface area contributed by atoms with Crippen LogP contribution in [0.2, 0.25) is 0 Å². The molecule has 6 heteroatoms. The van der Waals surface area contributed by atoms with E-state index < -0.39 is 5.66 Å². The number of benzene rings is 8. The number of phenols is 4. The van der Waals surface area contributed by atoms with Crippen LogP contribution in [-0.4, -0.2) is 32.9 Å². The molecule has 1 aliphatic rings. The Labute approximate surface area is 293 Å². The molecule has 1 aliphatic carbocycles. The standard InChI is InChI=1S/C45H32N2O4/c1-25-19-27-11-5-9-17-33(27)39-40-34-18-10-6-12-28(34)20-26(2)42(40)45(41(25)39,46-23-35-31-15-7-3-13-29(31)21-37(48)43(35)50)47-24-36-32-16-8-4-14-30(32)22-38(49)44(36)51/h3-24,48-51H,1-2H3/b46-23+,47-24+. The first-order valence-electron chi connectivity index (χ1n) is 16.8. The summed E-state index contributed by atoms with van der Waals surface area (Å²) in [4.78, 5) is 10.8. The maximum atomic E-state index is 11.3. The Morgan fingerprint density at radius 2 is 0.784 bits per heavy atom. The van der Waals surface area contributed by atoms with Crippen molar-refractivity contribution in [3.63, 3.8) is 0 Å². The second-order valence-corrected chi connectivity index (χ2v) is 13.3. The van der Waals surface area contributed by atoms with Crippen LogP contribution in [0.25, 0.3) is 54.2 Å². The third-order valence-electron chi connectivity index (χ3n) is 10.3. The lowest BCUT2D eigenvalue weighted by molar-refractivity contribution is 0.404. The molecule has 0 bridgehead atoms. The average Bonchev–Trinajstić information content (AvgIpc) is 3.45. The molecule has 0 fully saturated rings. The van der Waals surface area contributed by atoms with Crippen molar-refractivity contribution in [2.24, 2.45) is 9.98 Å². The molecule has 0 atom stereocenters. The van der Waals surface area contributed by atoms with Gasteiger partial charge in [-0.25, -0.2) is 0 Å². The number of hydrogen-bond donors (Lipinski definition) is 4. The van der Waals surface area contributed by atoms with Crippen molar-refractivity contribution < 1.29 is 20.4 Å². The van der Waals surface area contributed by atoms with E-state index in [1.165, 1.54) is 0 Å². The lowest BCUT2D eigenvalue weighted by atomic mass is 9.89. The molecule has 0 aliphatic heterocycles. The van der Waals surface area contributed by atoms with Gasteiger partial charge in [0, 0.05) is 34.7 Å². The smallest absolute Gasteiger partial charge is 0.202 e. The summed E-state index contributed by atoms with van der Waals surface area (Å²) in [6, 6.07) is 39.1. The molecule has 0 unspecified atom stereocenters. The Morgan fingerprint density at radius 1 is 0.451 bits per heavy atom. The third-order valence-corrected chi connectivity index (χ3v) is 10.3. The van der Waals surface area contributed by atoms with Gasteiger partial charge in [-0.3, -0.25) is 9.98 Å². The highest BCUT2D eigenvalue weighted by atomic mass is 16.3. The fraction of sp³-hybridized carbons (Fsp3) is 0.0667. The van der Waals surface area contributed by atoms with Crippen LogP contribution in [0.15, 0.2) is 131 Å². The van der Waals surface area contributed by atoms with E-state index in [1.54, 1.807) is 24.6 Å². The maximum absolute atomic E-state index is 11.3. The van der Waals surface area contributed by atoms with Gasteiger partial charge in [-0.05, 0) is 91.3 Å². The zero-order valence-corrected chi connectivity index (χ0v) is 27.9. The van der Waals surface area contributed by atoms with Crippen LogP contribution >= 0.6 is 0 Å². The summed E-state index contributed by atoms with van der Waals surface area (Å²) < 4.78 is 0. The number of rotatable bonds is 4. The Bertz CT molecular complexity index is 2640. The van der Waals surface area contributed by atoms with Gasteiger partial charge in [-0.1, -0.05) is 109 Å². The quantitative estimate of drug-likeness (QED) is 0.111. The van der Waals surface area contributed by atoms with E-state index in [-0.39, 0.29) is 23.0 Å². The van der Waals surface area contributed by atoms with Crippen molar-refractivity contribution in [2.45, 2.75) is 19.5 Å². The van der Waals surface area contributed by atoms with Gasteiger partial charge in [-0.15, -0.1) is 0 Å². The van der Waals surface area contributed by atoms with Gasteiger partial charge in [0.05, 0.1) is 0 Å². The SMILES string of the molecule is Cc1cc2ccccc2c2c1C(/N=C/c1c(O)c(O)cc3ccccc13)(/N=C/c1c(O)c(O)cc3ccccc13)c1c(C)cc3ccccc3c1-2. The second kappa shape index (κ2) is 11.2. The zero-order chi connectivity index (χ0) is 35.0. The van der Waals surface area contributed by atoms with Crippen LogP contribution in [0.3, 0.4) is 0 Å². The summed E-state index contributed by atoms with van der Waals surface area (Å²) in [6.07, 6.45) is 3.22. The van der Waals surface area contributed by atoms with Crippen molar-refractivity contribution in [2.75, 3.05) is 0 Å². The van der Waals surface area contributed by atoms with Gasteiger partial charge < -0.3 is 20.4 Å². The van der Waals surface area contributed by atoms with Gasteiger partial charge in [0.1, 0.15) is 0 Å². The second-order valence-electron chi connectivity index (χ2n) is 13.3. The first-order valence-corrected chi connectivity index (χ1v) is 16.8. The first kappa shape index (κ1) is 30.4. The van der Waals surface area contributed by atoms with Crippen molar-refractivity contribution >= 4 is 55.5 Å². The minimum atomic E-state index is -1.41. The molecular weight excluding hydrogens is 633 g/mol. The molecule has 9 rings (SSSR count). The summed E-state index contributed by atoms with van der Waals surface area (Å²) in [6.45, 7) is 4.13. The fourth-order valence-corrected chi connectivity index (χ4v) is 8.09.